The van der Waals surface area contributed by atoms with Crippen molar-refractivity contribution in [1.82, 2.24) is 14.8 Å². The first kappa shape index (κ1) is 29.3. The largest absolute Gasteiger partial charge is 0.368 e. The van der Waals surface area contributed by atoms with Crippen LogP contribution in [0.3, 0.4) is 0 Å². The number of allylic oxidation sites excluding steroid dienone is 1. The van der Waals surface area contributed by atoms with Gasteiger partial charge in [0.1, 0.15) is 11.6 Å². The molecule has 0 radical (unpaired) electrons. The van der Waals surface area contributed by atoms with Crippen LogP contribution in [0.2, 0.25) is 0 Å². The van der Waals surface area contributed by atoms with E-state index in [-0.39, 0.29) is 5.91 Å². The molecule has 2 aromatic carbocycles. The summed E-state index contributed by atoms with van der Waals surface area (Å²) in [5.41, 5.74) is 8.35. The van der Waals surface area contributed by atoms with E-state index >= 15 is 0 Å². The summed E-state index contributed by atoms with van der Waals surface area (Å²) in [5, 5.41) is 0. The van der Waals surface area contributed by atoms with Crippen molar-refractivity contribution in [3.05, 3.63) is 94.4 Å². The van der Waals surface area contributed by atoms with Crippen LogP contribution in [0, 0.1) is 31.5 Å². The van der Waals surface area contributed by atoms with Crippen LogP contribution < -0.4 is 9.80 Å². The first-order valence-corrected chi connectivity index (χ1v) is 14.7. The Morgan fingerprint density at radius 1 is 0.929 bits per heavy atom. The summed E-state index contributed by atoms with van der Waals surface area (Å²) >= 11 is 0. The SMILES string of the molecule is C=C(C)c1ccccc1N1CCN(Cc2cc(C(=O)N3CCN(c4ncc(F)cc4C#CC)CC3)c(C)cc2C)CC1. The molecule has 2 fully saturated rings. The maximum Gasteiger partial charge on any atom is 0.254 e. The van der Waals surface area contributed by atoms with E-state index in [1.165, 1.54) is 34.6 Å². The zero-order valence-corrected chi connectivity index (χ0v) is 25.2. The van der Waals surface area contributed by atoms with Crippen LogP contribution in [0.1, 0.15) is 52.0 Å². The highest BCUT2D eigenvalue weighted by Gasteiger charge is 2.26. The molecule has 3 heterocycles. The van der Waals surface area contributed by atoms with Crippen molar-refractivity contribution in [3.8, 4) is 11.8 Å². The van der Waals surface area contributed by atoms with Gasteiger partial charge in [0, 0.05) is 75.7 Å². The van der Waals surface area contributed by atoms with Gasteiger partial charge in [-0.05, 0) is 68.2 Å². The zero-order chi connectivity index (χ0) is 29.8. The molecule has 0 bridgehead atoms. The van der Waals surface area contributed by atoms with Crippen LogP contribution in [0.15, 0.2) is 55.2 Å². The third-order valence-electron chi connectivity index (χ3n) is 8.34. The van der Waals surface area contributed by atoms with Crippen molar-refractivity contribution < 1.29 is 9.18 Å². The van der Waals surface area contributed by atoms with Crippen molar-refractivity contribution in [2.45, 2.75) is 34.2 Å². The number of piperazine rings is 2. The zero-order valence-electron chi connectivity index (χ0n) is 25.2. The van der Waals surface area contributed by atoms with E-state index in [2.05, 4.69) is 88.3 Å². The Kier molecular flexibility index (Phi) is 8.94. The van der Waals surface area contributed by atoms with Crippen LogP contribution in [0.5, 0.6) is 0 Å². The van der Waals surface area contributed by atoms with Crippen molar-refractivity contribution in [3.63, 3.8) is 0 Å². The Bertz CT molecular complexity index is 1540. The van der Waals surface area contributed by atoms with Gasteiger partial charge in [-0.25, -0.2) is 9.37 Å². The number of halogens is 1. The fraction of sp³-hybridized carbons (Fsp3) is 0.371. The molecular weight excluding hydrogens is 525 g/mol. The molecule has 42 heavy (non-hydrogen) atoms. The highest BCUT2D eigenvalue weighted by molar-refractivity contribution is 5.96. The summed E-state index contributed by atoms with van der Waals surface area (Å²) in [4.78, 5) is 27.0. The molecule has 2 saturated heterocycles. The lowest BCUT2D eigenvalue weighted by molar-refractivity contribution is 0.0745. The van der Waals surface area contributed by atoms with Gasteiger partial charge >= 0.3 is 0 Å². The third-order valence-corrected chi connectivity index (χ3v) is 8.34. The van der Waals surface area contributed by atoms with Crippen molar-refractivity contribution in [2.75, 3.05) is 62.2 Å². The molecule has 0 spiro atoms. The Hall–Kier alpha value is -4.15. The third kappa shape index (κ3) is 6.34. The minimum absolute atomic E-state index is 0.0651. The smallest absolute Gasteiger partial charge is 0.254 e. The minimum atomic E-state index is -0.397. The lowest BCUT2D eigenvalue weighted by Gasteiger charge is -2.37. The normalized spacial score (nSPS) is 15.8. The Balaban J connectivity index is 1.23. The number of aromatic nitrogens is 1. The monoisotopic (exact) mass is 565 g/mol. The molecule has 3 aromatic rings. The molecule has 0 saturated carbocycles. The number of benzene rings is 2. The van der Waals surface area contributed by atoms with Gasteiger partial charge < -0.3 is 14.7 Å². The predicted molar refractivity (Wildman–Crippen MR) is 169 cm³/mol. The lowest BCUT2D eigenvalue weighted by Crippen LogP contribution is -2.49. The number of carbonyl (C=O) groups excluding carboxylic acids is 1. The van der Waals surface area contributed by atoms with Gasteiger partial charge in [0.05, 0.1) is 11.8 Å². The minimum Gasteiger partial charge on any atom is -0.368 e. The Morgan fingerprint density at radius 3 is 2.31 bits per heavy atom. The van der Waals surface area contributed by atoms with Gasteiger partial charge in [0.25, 0.3) is 5.91 Å². The van der Waals surface area contributed by atoms with Gasteiger partial charge in [-0.2, -0.15) is 0 Å². The molecule has 2 aliphatic heterocycles. The van der Waals surface area contributed by atoms with E-state index in [0.717, 1.165) is 49.4 Å². The summed E-state index contributed by atoms with van der Waals surface area (Å²) in [6, 6.07) is 14.2. The number of anilines is 2. The average Bonchev–Trinajstić information content (AvgIpc) is 2.99. The van der Waals surface area contributed by atoms with Crippen molar-refractivity contribution >= 4 is 23.0 Å². The fourth-order valence-electron chi connectivity index (χ4n) is 6.00. The standard InChI is InChI=1S/C35H40FN5O/c1-6-9-28-21-30(36)23-37-34(28)40-16-18-41(19-17-40)35(42)32-22-29(26(4)20-27(32)5)24-38-12-14-39(15-13-38)33-11-8-7-10-31(33)25(2)3/h7-8,10-11,20-23H,2,12-19,24H2,1,3-5H3. The van der Waals surface area contributed by atoms with Crippen LogP contribution in [-0.2, 0) is 6.54 Å². The van der Waals surface area contributed by atoms with Crippen LogP contribution in [-0.4, -0.2) is 73.0 Å². The first-order valence-electron chi connectivity index (χ1n) is 14.7. The number of rotatable bonds is 6. The van der Waals surface area contributed by atoms with E-state index < -0.39 is 5.82 Å². The Morgan fingerprint density at radius 2 is 1.62 bits per heavy atom. The summed E-state index contributed by atoms with van der Waals surface area (Å²) in [7, 11) is 0. The van der Waals surface area contributed by atoms with Crippen LogP contribution in [0.4, 0.5) is 15.9 Å². The second-order valence-electron chi connectivity index (χ2n) is 11.3. The molecule has 7 heteroatoms. The van der Waals surface area contributed by atoms with E-state index in [9.17, 15) is 9.18 Å². The molecule has 218 valence electrons. The fourth-order valence-corrected chi connectivity index (χ4v) is 6.00. The first-order chi connectivity index (χ1) is 20.2. The molecule has 1 amide bonds. The quantitative estimate of drug-likeness (QED) is 0.368. The maximum absolute atomic E-state index is 13.8. The number of amides is 1. The number of para-hydroxylation sites is 1. The summed E-state index contributed by atoms with van der Waals surface area (Å²) in [6.07, 6.45) is 1.23. The highest BCUT2D eigenvalue weighted by Crippen LogP contribution is 2.28. The Labute approximate surface area is 249 Å². The van der Waals surface area contributed by atoms with Gasteiger partial charge in [0.15, 0.2) is 0 Å². The van der Waals surface area contributed by atoms with E-state index in [1.54, 1.807) is 6.92 Å². The van der Waals surface area contributed by atoms with Crippen molar-refractivity contribution in [1.29, 1.82) is 0 Å². The molecule has 1 aromatic heterocycles. The number of hydrogen-bond acceptors (Lipinski definition) is 5. The summed E-state index contributed by atoms with van der Waals surface area (Å²) < 4.78 is 13.8. The van der Waals surface area contributed by atoms with Crippen LogP contribution >= 0.6 is 0 Å². The number of nitrogens with zero attached hydrogens (tertiary/aromatic N) is 5. The number of hydrogen-bond donors (Lipinski definition) is 0. The van der Waals surface area contributed by atoms with Gasteiger partial charge in [-0.3, -0.25) is 9.69 Å². The molecule has 0 atom stereocenters. The molecule has 0 aliphatic carbocycles. The lowest BCUT2D eigenvalue weighted by atomic mass is 9.98. The van der Waals surface area contributed by atoms with E-state index in [4.69, 9.17) is 0 Å². The summed E-state index contributed by atoms with van der Waals surface area (Å²) in [5.74, 6) is 6.15. The highest BCUT2D eigenvalue weighted by atomic mass is 19.1. The number of carbonyl (C=O) groups is 1. The average molecular weight is 566 g/mol. The number of aryl methyl sites for hydroxylation is 2. The van der Waals surface area contributed by atoms with Gasteiger partial charge in [-0.15, -0.1) is 5.92 Å². The summed E-state index contributed by atoms with van der Waals surface area (Å²) in [6.45, 7) is 19.2. The topological polar surface area (TPSA) is 42.9 Å². The molecule has 6 nitrogen and oxygen atoms in total. The maximum atomic E-state index is 13.8. The van der Waals surface area contributed by atoms with Gasteiger partial charge in [0.2, 0.25) is 0 Å². The van der Waals surface area contributed by atoms with Crippen molar-refractivity contribution in [2.24, 2.45) is 0 Å². The second-order valence-corrected chi connectivity index (χ2v) is 11.3. The van der Waals surface area contributed by atoms with Crippen LogP contribution in [0.25, 0.3) is 5.57 Å². The van der Waals surface area contributed by atoms with E-state index in [1.807, 2.05) is 11.8 Å². The van der Waals surface area contributed by atoms with Gasteiger partial charge in [-0.1, -0.05) is 36.8 Å². The molecular formula is C35H40FN5O. The van der Waals surface area contributed by atoms with E-state index in [0.29, 0.717) is 37.6 Å². The number of pyridine rings is 1. The molecule has 0 unspecified atom stereocenters. The predicted octanol–water partition coefficient (Wildman–Crippen LogP) is 5.53. The molecule has 0 N–H and O–H groups in total. The second kappa shape index (κ2) is 12.8. The molecule has 2 aliphatic rings. The molecule has 5 rings (SSSR count).